The third-order valence-electron chi connectivity index (χ3n) is 10.7. The zero-order valence-electron chi connectivity index (χ0n) is 34.6. The van der Waals surface area contributed by atoms with Gasteiger partial charge in [-0.05, 0) is 42.7 Å². The Morgan fingerprint density at radius 2 is 1.55 bits per heavy atom. The van der Waals surface area contributed by atoms with E-state index in [1.54, 1.807) is 68.4 Å². The number of Topliss-reactive ketones (excluding diaryl/α,β-unsaturated/α-hetero) is 1. The number of nitrogens with two attached hydrogens (primary N) is 1. The van der Waals surface area contributed by atoms with Crippen LogP contribution in [0.2, 0.25) is 0 Å². The zero-order chi connectivity index (χ0) is 43.7. The first-order valence-corrected chi connectivity index (χ1v) is 22.3. The van der Waals surface area contributed by atoms with Crippen LogP contribution >= 0.6 is 0 Å². The van der Waals surface area contributed by atoms with Crippen molar-refractivity contribution >= 4 is 45.3 Å². The minimum Gasteiger partial charge on any atom is -0.445 e. The van der Waals surface area contributed by atoms with E-state index < -0.39 is 81.6 Å². The third kappa shape index (κ3) is 16.0. The van der Waals surface area contributed by atoms with E-state index in [9.17, 15) is 37.5 Å². The first kappa shape index (κ1) is 47.3. The Balaban J connectivity index is 1.39. The monoisotopic (exact) mass is 849 g/mol. The average molecular weight is 850 g/mol. The fourth-order valence-electron chi connectivity index (χ4n) is 7.12. The Kier molecular flexibility index (Phi) is 18.4. The van der Waals surface area contributed by atoms with Crippen molar-refractivity contribution in [3.63, 3.8) is 0 Å². The van der Waals surface area contributed by atoms with Gasteiger partial charge in [0.1, 0.15) is 35.8 Å². The van der Waals surface area contributed by atoms with Crippen molar-refractivity contribution in [2.75, 3.05) is 17.2 Å². The fraction of sp³-hybridized carbons (Fsp3) is 0.512. The molecule has 0 saturated heterocycles. The molecule has 0 unspecified atom stereocenters. The summed E-state index contributed by atoms with van der Waals surface area (Å²) in [5, 5.41) is 22.0. The van der Waals surface area contributed by atoms with Gasteiger partial charge in [0.05, 0.1) is 24.6 Å². The van der Waals surface area contributed by atoms with Gasteiger partial charge in [-0.25, -0.2) is 23.2 Å². The molecule has 0 radical (unpaired) electrons. The minimum absolute atomic E-state index is 0.0184. The molecule has 1 aromatic heterocycles. The van der Waals surface area contributed by atoms with E-state index in [-0.39, 0.29) is 37.2 Å². The normalized spacial score (nSPS) is 15.7. The number of hydrogen-bond donors (Lipinski definition) is 6. The average Bonchev–Trinajstić information content (AvgIpc) is 3.21. The van der Waals surface area contributed by atoms with Crippen LogP contribution < -0.4 is 27.0 Å². The second kappa shape index (κ2) is 23.4. The summed E-state index contributed by atoms with van der Waals surface area (Å²) in [5.74, 6) is -4.47. The summed E-state index contributed by atoms with van der Waals surface area (Å²) in [6, 6.07) is 14.4. The molecule has 2 aromatic carbocycles. The molecule has 326 valence electrons. The molecular formula is C43H59N7O9S. The highest BCUT2D eigenvalue weighted by Gasteiger charge is 2.33. The summed E-state index contributed by atoms with van der Waals surface area (Å²) in [4.78, 5) is 74.6. The van der Waals surface area contributed by atoms with E-state index in [2.05, 4.69) is 31.2 Å². The number of amides is 4. The van der Waals surface area contributed by atoms with E-state index in [1.165, 1.54) is 6.20 Å². The van der Waals surface area contributed by atoms with Crippen LogP contribution in [0.1, 0.15) is 87.7 Å². The molecule has 0 aliphatic heterocycles. The van der Waals surface area contributed by atoms with Crippen LogP contribution in [0.3, 0.4) is 0 Å². The molecule has 1 heterocycles. The number of aliphatic hydroxyl groups excluding tert-OH is 1. The maximum Gasteiger partial charge on any atom is 0.408 e. The molecule has 0 bridgehead atoms. The summed E-state index contributed by atoms with van der Waals surface area (Å²) in [6.45, 7) is 5.33. The topological polar surface area (TPSA) is 249 Å². The number of nitrogens with zero attached hydrogens (tertiary/aromatic N) is 2. The minimum atomic E-state index is -4.38. The highest BCUT2D eigenvalue weighted by atomic mass is 32.2. The lowest BCUT2D eigenvalue weighted by atomic mass is 9.83. The van der Waals surface area contributed by atoms with E-state index in [0.29, 0.717) is 29.8 Å². The van der Waals surface area contributed by atoms with Gasteiger partial charge >= 0.3 is 6.09 Å². The molecule has 7 N–H and O–H groups in total. The second-order valence-electron chi connectivity index (χ2n) is 15.6. The predicted octanol–water partition coefficient (Wildman–Crippen LogP) is 3.24. The highest BCUT2D eigenvalue weighted by Crippen LogP contribution is 2.28. The van der Waals surface area contributed by atoms with Gasteiger partial charge in [-0.15, -0.1) is 0 Å². The number of anilines is 1. The molecule has 1 fully saturated rings. The molecule has 4 rings (SSSR count). The van der Waals surface area contributed by atoms with Gasteiger partial charge in [-0.3, -0.25) is 19.2 Å². The summed E-state index contributed by atoms with van der Waals surface area (Å²) in [7, 11) is -4.38. The van der Waals surface area contributed by atoms with Gasteiger partial charge < -0.3 is 36.8 Å². The smallest absolute Gasteiger partial charge is 0.408 e. The van der Waals surface area contributed by atoms with Crippen molar-refractivity contribution in [3.8, 4) is 0 Å². The van der Waals surface area contributed by atoms with E-state index >= 15 is 0 Å². The molecule has 17 heteroatoms. The molecule has 4 amide bonds. The Morgan fingerprint density at radius 3 is 2.18 bits per heavy atom. The molecule has 60 heavy (non-hydrogen) atoms. The molecule has 1 aliphatic carbocycles. The van der Waals surface area contributed by atoms with Crippen LogP contribution in [0.5, 0.6) is 0 Å². The Labute approximate surface area is 352 Å². The summed E-state index contributed by atoms with van der Waals surface area (Å²) >= 11 is 0. The van der Waals surface area contributed by atoms with E-state index in [0.717, 1.165) is 37.7 Å². The number of aromatic nitrogens is 2. The molecule has 3 aromatic rings. The van der Waals surface area contributed by atoms with Crippen LogP contribution in [0.15, 0.2) is 66.9 Å². The first-order chi connectivity index (χ1) is 28.6. The maximum absolute atomic E-state index is 13.5. The van der Waals surface area contributed by atoms with E-state index in [4.69, 9.17) is 10.5 Å². The van der Waals surface area contributed by atoms with E-state index in [1.807, 2.05) is 13.0 Å². The van der Waals surface area contributed by atoms with Gasteiger partial charge in [0.15, 0.2) is 15.6 Å². The number of ketones is 1. The highest BCUT2D eigenvalue weighted by molar-refractivity contribution is 7.92. The van der Waals surface area contributed by atoms with Crippen molar-refractivity contribution in [2.24, 2.45) is 11.8 Å². The van der Waals surface area contributed by atoms with Gasteiger partial charge in [0, 0.05) is 18.3 Å². The first-order valence-electron chi connectivity index (χ1n) is 20.5. The lowest BCUT2D eigenvalue weighted by Crippen LogP contribution is -2.52. The SMILES string of the molecule is CC[C@H](C)[C@H](NC(=O)C[C@H](O)[C@H](CC1CCCCC1)NC(=O)CS(=O)(=O)CC(=O)[C@H](Cc1ccccc1)NC(=O)OCc1ccccc1)C(=O)NCc1cnc(C)nc1N. The van der Waals surface area contributed by atoms with Crippen molar-refractivity contribution in [1.29, 1.82) is 0 Å². The van der Waals surface area contributed by atoms with Crippen molar-refractivity contribution < 1.29 is 42.2 Å². The molecular weight excluding hydrogens is 791 g/mol. The number of carbonyl (C=O) groups excluding carboxylic acids is 5. The number of sulfone groups is 1. The molecule has 1 aliphatic rings. The Bertz CT molecular complexity index is 2000. The number of benzene rings is 2. The number of rotatable bonds is 22. The van der Waals surface area contributed by atoms with Crippen molar-refractivity contribution in [2.45, 2.75) is 116 Å². The number of nitrogens with one attached hydrogen (secondary N) is 4. The van der Waals surface area contributed by atoms with Crippen LogP contribution in [0.25, 0.3) is 0 Å². The summed E-state index contributed by atoms with van der Waals surface area (Å²) < 4.78 is 32.0. The van der Waals surface area contributed by atoms with Crippen LogP contribution in [0.4, 0.5) is 10.6 Å². The largest absolute Gasteiger partial charge is 0.445 e. The second-order valence-corrected chi connectivity index (χ2v) is 17.7. The number of hydrogen-bond acceptors (Lipinski definition) is 12. The summed E-state index contributed by atoms with van der Waals surface area (Å²) in [5.41, 5.74) is 7.86. The number of nitrogen functional groups attached to an aromatic ring is 1. The third-order valence-corrected chi connectivity index (χ3v) is 12.1. The number of carbonyl (C=O) groups is 5. The zero-order valence-corrected chi connectivity index (χ0v) is 35.4. The lowest BCUT2D eigenvalue weighted by molar-refractivity contribution is -0.131. The Morgan fingerprint density at radius 1 is 0.900 bits per heavy atom. The molecule has 5 atom stereocenters. The van der Waals surface area contributed by atoms with Gasteiger partial charge in [-0.1, -0.05) is 113 Å². The standard InChI is InChI=1S/C43H59N7O9S/c1-4-28(2)40(42(55)46-24-33-23-45-29(3)47-41(33)44)50-38(53)22-36(51)34(20-30-14-8-5-9-15-30)48-39(54)27-60(57,58)26-37(52)35(21-31-16-10-6-11-17-31)49-43(56)59-25-32-18-12-7-13-19-32/h6-7,10-13,16-19,23,28,30,34-36,40,51H,4-5,8-9,14-15,20-22,24-27H2,1-3H3,(H,46,55)(H,48,54)(H,49,56)(H,50,53)(H2,44,45,47)/t28-,34-,35-,36-,40-/m0/s1. The number of aryl methyl sites for hydroxylation is 1. The van der Waals surface area contributed by atoms with Crippen molar-refractivity contribution in [1.82, 2.24) is 31.2 Å². The maximum atomic E-state index is 13.5. The van der Waals surface area contributed by atoms with Gasteiger partial charge in [-0.2, -0.15) is 0 Å². The summed E-state index contributed by atoms with van der Waals surface area (Å²) in [6.07, 6.45) is 4.19. The van der Waals surface area contributed by atoms with Crippen LogP contribution in [-0.2, 0) is 53.3 Å². The van der Waals surface area contributed by atoms with Gasteiger partial charge in [0.2, 0.25) is 17.7 Å². The Hall–Kier alpha value is -5.42. The molecule has 0 spiro atoms. The van der Waals surface area contributed by atoms with Crippen LogP contribution in [0, 0.1) is 18.8 Å². The van der Waals surface area contributed by atoms with Crippen LogP contribution in [-0.4, -0.2) is 88.8 Å². The van der Waals surface area contributed by atoms with Crippen molar-refractivity contribution in [3.05, 3.63) is 89.4 Å². The fourth-order valence-corrected chi connectivity index (χ4v) is 8.34. The van der Waals surface area contributed by atoms with Gasteiger partial charge in [0.25, 0.3) is 0 Å². The molecule has 1 saturated carbocycles. The predicted molar refractivity (Wildman–Crippen MR) is 226 cm³/mol. The number of ether oxygens (including phenoxy) is 1. The molecule has 16 nitrogen and oxygen atoms in total. The number of alkyl carbamates (subject to hydrolysis) is 1. The number of aliphatic hydroxyl groups is 1. The quantitative estimate of drug-likeness (QED) is 0.0853. The lowest BCUT2D eigenvalue weighted by Gasteiger charge is -2.30.